The topological polar surface area (TPSA) is 86.5 Å². The third-order valence-corrected chi connectivity index (χ3v) is 5.40. The molecule has 0 bridgehead atoms. The van der Waals surface area contributed by atoms with Crippen molar-refractivity contribution in [3.05, 3.63) is 78.0 Å². The SMILES string of the molecule is O=C(c1ccc(O)cc1O)N1CCCc2cc(-c3cnc4ccccc4n3)ccc21. The van der Waals surface area contributed by atoms with Crippen LogP contribution in [0.4, 0.5) is 5.69 Å². The van der Waals surface area contributed by atoms with Crippen molar-refractivity contribution in [2.24, 2.45) is 0 Å². The highest BCUT2D eigenvalue weighted by Gasteiger charge is 2.26. The number of carbonyl (C=O) groups excluding carboxylic acids is 1. The summed E-state index contributed by atoms with van der Waals surface area (Å²) in [7, 11) is 0. The average molecular weight is 397 g/mol. The fourth-order valence-electron chi connectivity index (χ4n) is 3.91. The van der Waals surface area contributed by atoms with Crippen molar-refractivity contribution in [1.82, 2.24) is 9.97 Å². The van der Waals surface area contributed by atoms with Gasteiger partial charge in [-0.15, -0.1) is 0 Å². The Bertz CT molecular complexity index is 1290. The Kier molecular flexibility index (Phi) is 4.32. The van der Waals surface area contributed by atoms with Crippen molar-refractivity contribution in [2.45, 2.75) is 12.8 Å². The molecule has 148 valence electrons. The molecule has 1 amide bonds. The number of hydrogen-bond donors (Lipinski definition) is 2. The smallest absolute Gasteiger partial charge is 0.262 e. The first-order valence-electron chi connectivity index (χ1n) is 9.79. The molecule has 6 nitrogen and oxygen atoms in total. The predicted molar refractivity (Wildman–Crippen MR) is 115 cm³/mol. The van der Waals surface area contributed by atoms with Crippen LogP contribution in [0.3, 0.4) is 0 Å². The van der Waals surface area contributed by atoms with Gasteiger partial charge in [-0.3, -0.25) is 9.78 Å². The molecule has 0 spiro atoms. The summed E-state index contributed by atoms with van der Waals surface area (Å²) < 4.78 is 0. The third kappa shape index (κ3) is 3.12. The van der Waals surface area contributed by atoms with Crippen LogP contribution < -0.4 is 4.90 Å². The van der Waals surface area contributed by atoms with Crippen molar-refractivity contribution < 1.29 is 15.0 Å². The highest BCUT2D eigenvalue weighted by Crippen LogP contribution is 2.34. The number of aromatic hydroxyl groups is 2. The number of nitrogens with zero attached hydrogens (tertiary/aromatic N) is 3. The molecule has 6 heteroatoms. The molecule has 0 saturated carbocycles. The maximum absolute atomic E-state index is 13.1. The van der Waals surface area contributed by atoms with Crippen molar-refractivity contribution >= 4 is 22.6 Å². The number of benzene rings is 3. The van der Waals surface area contributed by atoms with Crippen LogP contribution in [-0.4, -0.2) is 32.6 Å². The van der Waals surface area contributed by atoms with E-state index >= 15 is 0 Å². The molecule has 0 aliphatic carbocycles. The molecule has 1 aliphatic rings. The van der Waals surface area contributed by atoms with Crippen LogP contribution >= 0.6 is 0 Å². The molecule has 0 fully saturated rings. The van der Waals surface area contributed by atoms with Crippen LogP contribution in [0, 0.1) is 0 Å². The van der Waals surface area contributed by atoms with Crippen LogP contribution in [0.5, 0.6) is 11.5 Å². The molecule has 0 atom stereocenters. The number of carbonyl (C=O) groups is 1. The van der Waals surface area contributed by atoms with E-state index in [1.807, 2.05) is 36.4 Å². The summed E-state index contributed by atoms with van der Waals surface area (Å²) in [6.45, 7) is 0.571. The van der Waals surface area contributed by atoms with Crippen LogP contribution in [-0.2, 0) is 6.42 Å². The molecular formula is C24H19N3O3. The van der Waals surface area contributed by atoms with Gasteiger partial charge in [-0.25, -0.2) is 4.98 Å². The third-order valence-electron chi connectivity index (χ3n) is 5.40. The van der Waals surface area contributed by atoms with Gasteiger partial charge in [-0.1, -0.05) is 18.2 Å². The summed E-state index contributed by atoms with van der Waals surface area (Å²) in [6.07, 6.45) is 3.45. The largest absolute Gasteiger partial charge is 0.508 e. The van der Waals surface area contributed by atoms with E-state index in [0.717, 1.165) is 46.4 Å². The summed E-state index contributed by atoms with van der Waals surface area (Å²) in [6, 6.07) is 17.7. The fourth-order valence-corrected chi connectivity index (χ4v) is 3.91. The number of hydrogen-bond acceptors (Lipinski definition) is 5. The van der Waals surface area contributed by atoms with Gasteiger partial charge in [0.2, 0.25) is 0 Å². The van der Waals surface area contributed by atoms with E-state index in [1.54, 1.807) is 11.1 Å². The molecule has 5 rings (SSSR count). The number of aromatic nitrogens is 2. The van der Waals surface area contributed by atoms with Crippen LogP contribution in [0.25, 0.3) is 22.3 Å². The minimum atomic E-state index is -0.285. The Morgan fingerprint density at radius 3 is 2.63 bits per heavy atom. The first-order valence-corrected chi connectivity index (χ1v) is 9.79. The molecule has 30 heavy (non-hydrogen) atoms. The second-order valence-electron chi connectivity index (χ2n) is 7.35. The normalized spacial score (nSPS) is 13.3. The highest BCUT2D eigenvalue weighted by molar-refractivity contribution is 6.08. The Hall–Kier alpha value is -3.93. The van der Waals surface area contributed by atoms with Crippen LogP contribution in [0.15, 0.2) is 66.9 Å². The molecule has 0 radical (unpaired) electrons. The van der Waals surface area contributed by atoms with Gasteiger partial charge in [0.1, 0.15) is 11.5 Å². The second-order valence-corrected chi connectivity index (χ2v) is 7.35. The van der Waals surface area contributed by atoms with E-state index in [2.05, 4.69) is 11.1 Å². The Labute approximate surface area is 173 Å². The van der Waals surface area contributed by atoms with Gasteiger partial charge in [0, 0.05) is 23.9 Å². The van der Waals surface area contributed by atoms with Gasteiger partial charge in [0.15, 0.2) is 0 Å². The summed E-state index contributed by atoms with van der Waals surface area (Å²) in [5.41, 5.74) is 5.49. The monoisotopic (exact) mass is 397 g/mol. The lowest BCUT2D eigenvalue weighted by Gasteiger charge is -2.30. The first kappa shape index (κ1) is 18.1. The lowest BCUT2D eigenvalue weighted by Crippen LogP contribution is -2.35. The fraction of sp³-hybridized carbons (Fsp3) is 0.125. The van der Waals surface area contributed by atoms with Crippen molar-refractivity contribution in [3.63, 3.8) is 0 Å². The zero-order valence-corrected chi connectivity index (χ0v) is 16.1. The van der Waals surface area contributed by atoms with Crippen molar-refractivity contribution in [2.75, 3.05) is 11.4 Å². The highest BCUT2D eigenvalue weighted by atomic mass is 16.3. The van der Waals surface area contributed by atoms with E-state index in [9.17, 15) is 15.0 Å². The van der Waals surface area contributed by atoms with Crippen LogP contribution in [0.2, 0.25) is 0 Å². The molecule has 2 heterocycles. The maximum Gasteiger partial charge on any atom is 0.262 e. The van der Waals surface area contributed by atoms with Gasteiger partial charge in [0.05, 0.1) is 28.5 Å². The minimum absolute atomic E-state index is 0.0794. The lowest BCUT2D eigenvalue weighted by molar-refractivity contribution is 0.0982. The maximum atomic E-state index is 13.1. The van der Waals surface area contributed by atoms with E-state index in [-0.39, 0.29) is 23.0 Å². The average Bonchev–Trinajstić information content (AvgIpc) is 2.77. The summed E-state index contributed by atoms with van der Waals surface area (Å²) in [4.78, 5) is 23.9. The zero-order chi connectivity index (χ0) is 20.7. The van der Waals surface area contributed by atoms with Crippen molar-refractivity contribution in [1.29, 1.82) is 0 Å². The van der Waals surface area contributed by atoms with Crippen molar-refractivity contribution in [3.8, 4) is 22.8 Å². The number of anilines is 1. The number of amides is 1. The number of fused-ring (bicyclic) bond motifs is 2. The first-order chi connectivity index (χ1) is 14.6. The number of phenols is 2. The molecule has 0 unspecified atom stereocenters. The minimum Gasteiger partial charge on any atom is -0.508 e. The van der Waals surface area contributed by atoms with Gasteiger partial charge in [-0.2, -0.15) is 0 Å². The second kappa shape index (κ2) is 7.15. The van der Waals surface area contributed by atoms with E-state index in [1.165, 1.54) is 18.2 Å². The van der Waals surface area contributed by atoms with Gasteiger partial charge in [-0.05, 0) is 54.8 Å². The molecular weight excluding hydrogens is 378 g/mol. The van der Waals surface area contributed by atoms with E-state index < -0.39 is 0 Å². The molecule has 3 aromatic carbocycles. The summed E-state index contributed by atoms with van der Waals surface area (Å²) in [5.74, 6) is -0.592. The van der Waals surface area contributed by atoms with Crippen LogP contribution in [0.1, 0.15) is 22.3 Å². The summed E-state index contributed by atoms with van der Waals surface area (Å²) >= 11 is 0. The predicted octanol–water partition coefficient (Wildman–Crippen LogP) is 4.30. The standard InChI is InChI=1S/C24H19N3O3/c28-17-8-9-18(23(29)13-17)24(30)27-11-3-4-16-12-15(7-10-22(16)27)21-14-25-19-5-1-2-6-20(19)26-21/h1-2,5-10,12-14,28-29H,3-4,11H2. The number of para-hydroxylation sites is 2. The Morgan fingerprint density at radius 1 is 0.967 bits per heavy atom. The number of rotatable bonds is 2. The van der Waals surface area contributed by atoms with E-state index in [4.69, 9.17) is 4.98 Å². The number of phenolic OH excluding ortho intramolecular Hbond substituents is 2. The quantitative estimate of drug-likeness (QED) is 0.527. The lowest BCUT2D eigenvalue weighted by atomic mass is 9.97. The molecule has 1 aromatic heterocycles. The molecule has 2 N–H and O–H groups in total. The Balaban J connectivity index is 1.51. The van der Waals surface area contributed by atoms with E-state index in [0.29, 0.717) is 6.54 Å². The van der Waals surface area contributed by atoms with Gasteiger partial charge >= 0.3 is 0 Å². The Morgan fingerprint density at radius 2 is 1.80 bits per heavy atom. The van der Waals surface area contributed by atoms with Gasteiger partial charge in [0.25, 0.3) is 5.91 Å². The molecule has 0 saturated heterocycles. The summed E-state index contributed by atoms with van der Waals surface area (Å²) in [5, 5.41) is 19.6. The zero-order valence-electron chi connectivity index (χ0n) is 16.1. The molecule has 1 aliphatic heterocycles. The molecule has 4 aromatic rings. The van der Waals surface area contributed by atoms with Gasteiger partial charge < -0.3 is 15.1 Å². The number of aryl methyl sites for hydroxylation is 1.